The average molecular weight is 488 g/mol. The van der Waals surface area contributed by atoms with Crippen molar-refractivity contribution < 1.29 is 4.79 Å². The highest BCUT2D eigenvalue weighted by molar-refractivity contribution is 7.99. The molecule has 0 atom stereocenters. The molecular formula is C32H41NOS. The van der Waals surface area contributed by atoms with E-state index in [1.165, 1.54) is 42.6 Å². The third-order valence-corrected chi connectivity index (χ3v) is 7.00. The highest BCUT2D eigenvalue weighted by atomic mass is 32.2. The minimum atomic E-state index is -0.0523. The van der Waals surface area contributed by atoms with Gasteiger partial charge >= 0.3 is 0 Å². The number of aryl methyl sites for hydroxylation is 2. The number of hydrogen-bond donors (Lipinski definition) is 1. The van der Waals surface area contributed by atoms with Crippen LogP contribution in [0, 0.1) is 13.8 Å². The van der Waals surface area contributed by atoms with Crippen LogP contribution in [0.1, 0.15) is 85.5 Å². The molecule has 186 valence electrons. The molecule has 3 rings (SSSR count). The van der Waals surface area contributed by atoms with Crippen LogP contribution < -0.4 is 5.32 Å². The van der Waals surface area contributed by atoms with Gasteiger partial charge in [-0.1, -0.05) is 112 Å². The molecule has 0 spiro atoms. The number of unbranched alkanes of at least 4 members (excludes halogenated alkanes) is 4. The summed E-state index contributed by atoms with van der Waals surface area (Å²) >= 11 is 1.71. The zero-order chi connectivity index (χ0) is 25.6. The van der Waals surface area contributed by atoms with Gasteiger partial charge in [0.15, 0.2) is 0 Å². The molecule has 0 unspecified atom stereocenters. The molecule has 1 N–H and O–H groups in total. The lowest BCUT2D eigenvalue weighted by atomic mass is 10.1. The molecule has 0 aromatic heterocycles. The zero-order valence-corrected chi connectivity index (χ0v) is 22.9. The molecule has 2 nitrogen and oxygen atoms in total. The molecule has 3 aromatic rings. The van der Waals surface area contributed by atoms with Crippen LogP contribution in [0.4, 0.5) is 0 Å². The van der Waals surface area contributed by atoms with Crippen molar-refractivity contribution in [3.8, 4) is 0 Å². The number of carbonyl (C=O) groups excluding carboxylic acids is 1. The largest absolute Gasteiger partial charge is 0.348 e. The van der Waals surface area contributed by atoms with Crippen molar-refractivity contribution in [3.63, 3.8) is 0 Å². The van der Waals surface area contributed by atoms with Crippen LogP contribution in [0.5, 0.6) is 0 Å². The molecule has 0 aliphatic carbocycles. The molecule has 0 radical (unpaired) electrons. The van der Waals surface area contributed by atoms with E-state index in [1.807, 2.05) is 56.3 Å². The molecule has 0 heterocycles. The number of nitrogens with one attached hydrogen (secondary N) is 1. The minimum absolute atomic E-state index is 0.0523. The van der Waals surface area contributed by atoms with Gasteiger partial charge in [0, 0.05) is 21.9 Å². The van der Waals surface area contributed by atoms with Gasteiger partial charge in [0.2, 0.25) is 0 Å². The normalized spacial score (nSPS) is 10.3. The van der Waals surface area contributed by atoms with Gasteiger partial charge in [-0.2, -0.15) is 0 Å². The first-order chi connectivity index (χ1) is 16.8. The maximum absolute atomic E-state index is 12.5. The van der Waals surface area contributed by atoms with Gasteiger partial charge in [0.25, 0.3) is 5.91 Å². The van der Waals surface area contributed by atoms with Crippen LogP contribution in [-0.4, -0.2) is 5.91 Å². The van der Waals surface area contributed by atoms with Gasteiger partial charge in [0.05, 0.1) is 0 Å². The summed E-state index contributed by atoms with van der Waals surface area (Å²) in [4.78, 5) is 14.9. The Bertz CT molecular complexity index is 1100. The van der Waals surface area contributed by atoms with E-state index in [-0.39, 0.29) is 5.91 Å². The lowest BCUT2D eigenvalue weighted by Gasteiger charge is -2.12. The van der Waals surface area contributed by atoms with E-state index in [9.17, 15) is 4.79 Å². The number of hydrogen-bond acceptors (Lipinski definition) is 2. The predicted octanol–water partition coefficient (Wildman–Crippen LogP) is 9.39. The number of benzene rings is 3. The van der Waals surface area contributed by atoms with Crippen molar-refractivity contribution >= 4 is 23.2 Å². The third kappa shape index (κ3) is 9.78. The molecule has 1 amide bonds. The number of allylic oxidation sites excluding steroid dienone is 1. The maximum Gasteiger partial charge on any atom is 0.251 e. The van der Waals surface area contributed by atoms with Crippen molar-refractivity contribution in [1.29, 1.82) is 0 Å². The molecule has 3 heteroatoms. The van der Waals surface area contributed by atoms with Crippen molar-refractivity contribution in [2.45, 2.75) is 83.1 Å². The van der Waals surface area contributed by atoms with E-state index in [1.54, 1.807) is 11.8 Å². The molecule has 0 saturated heterocycles. The van der Waals surface area contributed by atoms with Gasteiger partial charge in [0.1, 0.15) is 0 Å². The summed E-state index contributed by atoms with van der Waals surface area (Å²) in [5, 5.41) is 3.01. The highest BCUT2D eigenvalue weighted by Crippen LogP contribution is 2.35. The summed E-state index contributed by atoms with van der Waals surface area (Å²) in [6.07, 6.45) is 7.01. The summed E-state index contributed by atoms with van der Waals surface area (Å²) in [6, 6.07) is 22.3. The summed E-state index contributed by atoms with van der Waals surface area (Å²) in [6.45, 7) is 15.2. The first kappa shape index (κ1) is 28.5. The number of amides is 1. The Hall–Kier alpha value is -2.78. The lowest BCUT2D eigenvalue weighted by Crippen LogP contribution is -2.22. The van der Waals surface area contributed by atoms with Gasteiger partial charge in [-0.3, -0.25) is 4.79 Å². The van der Waals surface area contributed by atoms with Crippen LogP contribution in [0.3, 0.4) is 0 Å². The van der Waals surface area contributed by atoms with Gasteiger partial charge < -0.3 is 5.32 Å². The average Bonchev–Trinajstić information content (AvgIpc) is 2.85. The van der Waals surface area contributed by atoms with Crippen LogP contribution in [0.2, 0.25) is 0 Å². The zero-order valence-electron chi connectivity index (χ0n) is 22.1. The fourth-order valence-corrected chi connectivity index (χ4v) is 4.81. The summed E-state index contributed by atoms with van der Waals surface area (Å²) in [5.41, 5.74) is 6.28. The fourth-order valence-electron chi connectivity index (χ4n) is 3.72. The van der Waals surface area contributed by atoms with Gasteiger partial charge in [-0.05, 0) is 67.3 Å². The first-order valence-corrected chi connectivity index (χ1v) is 13.5. The third-order valence-electron chi connectivity index (χ3n) is 5.75. The van der Waals surface area contributed by atoms with Crippen molar-refractivity contribution in [2.75, 3.05) is 0 Å². The summed E-state index contributed by atoms with van der Waals surface area (Å²) in [7, 11) is 0. The highest BCUT2D eigenvalue weighted by Gasteiger charge is 2.10. The SMILES string of the molecule is C=C(C)c1ccccc1Sc1ccc(C(=O)NCc2cccc(C)c2)cc1C.CCCCCCC. The quantitative estimate of drug-likeness (QED) is 0.289. The van der Waals surface area contributed by atoms with E-state index in [2.05, 4.69) is 56.9 Å². The van der Waals surface area contributed by atoms with Crippen molar-refractivity contribution in [1.82, 2.24) is 5.32 Å². The standard InChI is InChI=1S/C25H25NOS.C7H16/c1-17(2)22-10-5-6-11-24(22)28-23-13-12-21(15-19(23)4)25(27)26-16-20-9-7-8-18(3)14-20;1-3-5-7-6-4-2/h5-15H,1,16H2,2-4H3,(H,26,27);3-7H2,1-2H3. The van der Waals surface area contributed by atoms with Gasteiger partial charge in [-0.25, -0.2) is 0 Å². The molecule has 0 saturated carbocycles. The second kappa shape index (κ2) is 15.3. The van der Waals surface area contributed by atoms with Crippen LogP contribution >= 0.6 is 11.8 Å². The number of carbonyl (C=O) groups is 1. The summed E-state index contributed by atoms with van der Waals surface area (Å²) < 4.78 is 0. The van der Waals surface area contributed by atoms with E-state index >= 15 is 0 Å². The molecule has 35 heavy (non-hydrogen) atoms. The molecular weight excluding hydrogens is 446 g/mol. The molecule has 3 aromatic carbocycles. The van der Waals surface area contributed by atoms with E-state index < -0.39 is 0 Å². The first-order valence-electron chi connectivity index (χ1n) is 12.7. The van der Waals surface area contributed by atoms with Crippen LogP contribution in [-0.2, 0) is 6.54 Å². The fraction of sp³-hybridized carbons (Fsp3) is 0.344. The van der Waals surface area contributed by atoms with E-state index in [0.717, 1.165) is 27.2 Å². The van der Waals surface area contributed by atoms with E-state index in [0.29, 0.717) is 12.1 Å². The minimum Gasteiger partial charge on any atom is -0.348 e. The van der Waals surface area contributed by atoms with Crippen molar-refractivity contribution in [2.24, 2.45) is 0 Å². The lowest BCUT2D eigenvalue weighted by molar-refractivity contribution is 0.0950. The Kier molecular flexibility index (Phi) is 12.4. The van der Waals surface area contributed by atoms with E-state index in [4.69, 9.17) is 0 Å². The Morgan fingerprint density at radius 3 is 2.20 bits per heavy atom. The Morgan fingerprint density at radius 2 is 1.57 bits per heavy atom. The second-order valence-corrected chi connectivity index (χ2v) is 10.2. The maximum atomic E-state index is 12.5. The predicted molar refractivity (Wildman–Crippen MR) is 153 cm³/mol. The van der Waals surface area contributed by atoms with Crippen LogP contribution in [0.25, 0.3) is 5.57 Å². The number of rotatable bonds is 10. The van der Waals surface area contributed by atoms with Gasteiger partial charge in [-0.15, -0.1) is 0 Å². The Labute approximate surface area is 217 Å². The monoisotopic (exact) mass is 487 g/mol. The molecule has 0 aliphatic rings. The molecule has 0 bridgehead atoms. The Morgan fingerprint density at radius 1 is 0.857 bits per heavy atom. The topological polar surface area (TPSA) is 29.1 Å². The summed E-state index contributed by atoms with van der Waals surface area (Å²) in [5.74, 6) is -0.0523. The van der Waals surface area contributed by atoms with Crippen LogP contribution in [0.15, 0.2) is 83.1 Å². The molecule has 0 fully saturated rings. The smallest absolute Gasteiger partial charge is 0.251 e. The van der Waals surface area contributed by atoms with Crippen molar-refractivity contribution in [3.05, 3.63) is 101 Å². The molecule has 0 aliphatic heterocycles. The Balaban J connectivity index is 0.000000540. The second-order valence-electron chi connectivity index (χ2n) is 9.09.